The number of hydrazone groups is 1. The van der Waals surface area contributed by atoms with Crippen LogP contribution in [0, 0.1) is 0 Å². The summed E-state index contributed by atoms with van der Waals surface area (Å²) in [5, 5.41) is 8.64. The Kier molecular flexibility index (Phi) is 9.95. The Hall–Kier alpha value is -4.16. The first-order chi connectivity index (χ1) is 19.3. The van der Waals surface area contributed by atoms with Gasteiger partial charge in [-0.15, -0.1) is 0 Å². The summed E-state index contributed by atoms with van der Waals surface area (Å²) in [6.45, 7) is 5.85. The molecule has 1 heterocycles. The molecular formula is C29H35N5O5S2. The fourth-order valence-electron chi connectivity index (χ4n) is 4.18. The first kappa shape index (κ1) is 31.4. The van der Waals surface area contributed by atoms with Crippen molar-refractivity contribution in [2.45, 2.75) is 33.6 Å². The number of rotatable bonds is 8. The number of carbonyl (C=O) groups is 1. The molecule has 0 fully saturated rings. The Labute approximate surface area is 242 Å². The summed E-state index contributed by atoms with van der Waals surface area (Å²) in [6.07, 6.45) is 5.08. The largest absolute Gasteiger partial charge is 0.399 e. The third-order valence-corrected chi connectivity index (χ3v) is 9.43. The molecule has 1 aliphatic heterocycles. The average molecular weight is 598 g/mol. The molecule has 0 aromatic heterocycles. The third kappa shape index (κ3) is 7.74. The summed E-state index contributed by atoms with van der Waals surface area (Å²) in [7, 11) is -8.11. The van der Waals surface area contributed by atoms with E-state index in [2.05, 4.69) is 23.4 Å². The number of nitrogen functional groups attached to an aromatic ring is 1. The standard InChI is InChI=1S/C21H24N4O5S2.C8H11N/c1-5-16-8-6-7-9-20(16)22-14-19-15(2)23-24(21(19)26)17-10-12-18(13-11-17)25(31(3,27)28)32(4,29)30;1-2-7-5-3-4-6-8(7)9/h6-14,22H,5H2,1-4H3;3-6H,2,9H2,1H3/b19-14+;. The number of nitrogens with two attached hydrogens (primary N) is 1. The van der Waals surface area contributed by atoms with Crippen LogP contribution in [-0.2, 0) is 37.7 Å². The number of hydrogen-bond acceptors (Lipinski definition) is 8. The second-order valence-corrected chi connectivity index (χ2v) is 13.2. The summed E-state index contributed by atoms with van der Waals surface area (Å²) in [4.78, 5) is 12.9. The molecule has 0 unspecified atom stereocenters. The van der Waals surface area contributed by atoms with E-state index in [9.17, 15) is 21.6 Å². The Bertz CT molecular complexity index is 1650. The number of carbonyl (C=O) groups excluding carboxylic acids is 1. The second kappa shape index (κ2) is 13.0. The number of amides is 1. The topological polar surface area (TPSA) is 142 Å². The van der Waals surface area contributed by atoms with E-state index >= 15 is 0 Å². The highest BCUT2D eigenvalue weighted by Gasteiger charge is 2.30. The molecule has 1 amide bonds. The zero-order valence-corrected chi connectivity index (χ0v) is 25.3. The van der Waals surface area contributed by atoms with Crippen LogP contribution in [0.5, 0.6) is 0 Å². The van der Waals surface area contributed by atoms with Crippen LogP contribution < -0.4 is 19.8 Å². The van der Waals surface area contributed by atoms with Crippen LogP contribution in [0.3, 0.4) is 0 Å². The molecule has 4 rings (SSSR count). The van der Waals surface area contributed by atoms with Gasteiger partial charge in [0.15, 0.2) is 0 Å². The van der Waals surface area contributed by atoms with Gasteiger partial charge in [-0.25, -0.2) is 16.8 Å². The molecule has 3 N–H and O–H groups in total. The first-order valence-corrected chi connectivity index (χ1v) is 16.6. The minimum Gasteiger partial charge on any atom is -0.399 e. The molecule has 0 saturated carbocycles. The molecular weight excluding hydrogens is 562 g/mol. The predicted octanol–water partition coefficient (Wildman–Crippen LogP) is 4.52. The summed E-state index contributed by atoms with van der Waals surface area (Å²) >= 11 is 0. The summed E-state index contributed by atoms with van der Waals surface area (Å²) < 4.78 is 48.1. The van der Waals surface area contributed by atoms with E-state index in [1.165, 1.54) is 34.8 Å². The quantitative estimate of drug-likeness (QED) is 0.287. The summed E-state index contributed by atoms with van der Waals surface area (Å²) in [5.74, 6) is -0.361. The summed E-state index contributed by atoms with van der Waals surface area (Å²) in [5.41, 5.74) is 11.0. The van der Waals surface area contributed by atoms with Crippen LogP contribution in [0.15, 0.2) is 89.7 Å². The molecule has 0 saturated heterocycles. The molecule has 0 bridgehead atoms. The van der Waals surface area contributed by atoms with Gasteiger partial charge >= 0.3 is 0 Å². The normalized spacial score (nSPS) is 14.4. The van der Waals surface area contributed by atoms with E-state index in [4.69, 9.17) is 5.73 Å². The fourth-order valence-corrected chi connectivity index (χ4v) is 7.16. The van der Waals surface area contributed by atoms with Crippen molar-refractivity contribution in [1.82, 2.24) is 0 Å². The molecule has 0 aliphatic carbocycles. The van der Waals surface area contributed by atoms with Gasteiger partial charge in [-0.2, -0.15) is 13.8 Å². The molecule has 1 aliphatic rings. The molecule has 12 heteroatoms. The van der Waals surface area contributed by atoms with Crippen molar-refractivity contribution in [1.29, 1.82) is 0 Å². The Balaban J connectivity index is 0.000000436. The van der Waals surface area contributed by atoms with Crippen LogP contribution in [0.25, 0.3) is 0 Å². The average Bonchev–Trinajstić information content (AvgIpc) is 3.19. The smallest absolute Gasteiger partial charge is 0.282 e. The maximum absolute atomic E-state index is 12.9. The van der Waals surface area contributed by atoms with E-state index in [0.717, 1.165) is 42.3 Å². The highest BCUT2D eigenvalue weighted by Crippen LogP contribution is 2.28. The SMILES string of the molecule is CCc1ccccc1N.CCc1ccccc1N/C=C1/C(=O)N(c2ccc(N(S(C)(=O)=O)S(C)(=O)=O)cc2)N=C1C. The van der Waals surface area contributed by atoms with Gasteiger partial charge in [0, 0.05) is 17.6 Å². The zero-order valence-electron chi connectivity index (χ0n) is 23.7. The maximum atomic E-state index is 12.9. The van der Waals surface area contributed by atoms with Gasteiger partial charge in [0.25, 0.3) is 5.91 Å². The van der Waals surface area contributed by atoms with Crippen molar-refractivity contribution in [3.8, 4) is 0 Å². The van der Waals surface area contributed by atoms with Gasteiger partial charge in [0.05, 0.1) is 35.2 Å². The molecule has 3 aromatic carbocycles. The van der Waals surface area contributed by atoms with Crippen molar-refractivity contribution >= 4 is 54.4 Å². The molecule has 0 atom stereocenters. The fraction of sp³-hybridized carbons (Fsp3) is 0.241. The van der Waals surface area contributed by atoms with Crippen LogP contribution in [-0.4, -0.2) is 41.0 Å². The van der Waals surface area contributed by atoms with Crippen molar-refractivity contribution in [2.24, 2.45) is 5.10 Å². The minimum absolute atomic E-state index is 0.0558. The van der Waals surface area contributed by atoms with Crippen LogP contribution in [0.1, 0.15) is 31.9 Å². The monoisotopic (exact) mass is 597 g/mol. The van der Waals surface area contributed by atoms with E-state index in [1.807, 2.05) is 49.4 Å². The number of para-hydroxylation sites is 2. The predicted molar refractivity (Wildman–Crippen MR) is 167 cm³/mol. The molecule has 41 heavy (non-hydrogen) atoms. The van der Waals surface area contributed by atoms with Crippen LogP contribution in [0.4, 0.5) is 22.7 Å². The highest BCUT2D eigenvalue weighted by molar-refractivity contribution is 8.09. The minimum atomic E-state index is -4.06. The lowest BCUT2D eigenvalue weighted by Gasteiger charge is -2.20. The molecule has 218 valence electrons. The van der Waals surface area contributed by atoms with E-state index in [0.29, 0.717) is 20.7 Å². The van der Waals surface area contributed by atoms with E-state index in [1.54, 1.807) is 13.1 Å². The number of nitrogens with one attached hydrogen (secondary N) is 1. The van der Waals surface area contributed by atoms with Crippen LogP contribution >= 0.6 is 0 Å². The Morgan fingerprint density at radius 3 is 1.90 bits per heavy atom. The lowest BCUT2D eigenvalue weighted by atomic mass is 10.1. The lowest BCUT2D eigenvalue weighted by molar-refractivity contribution is -0.114. The van der Waals surface area contributed by atoms with Gasteiger partial charge < -0.3 is 11.1 Å². The number of hydrogen-bond donors (Lipinski definition) is 2. The third-order valence-electron chi connectivity index (χ3n) is 6.18. The van der Waals surface area contributed by atoms with Gasteiger partial charge in [-0.3, -0.25) is 4.79 Å². The molecule has 3 aromatic rings. The van der Waals surface area contributed by atoms with Gasteiger partial charge in [0.1, 0.15) is 0 Å². The molecule has 10 nitrogen and oxygen atoms in total. The van der Waals surface area contributed by atoms with Crippen molar-refractivity contribution in [3.05, 3.63) is 95.7 Å². The second-order valence-electron chi connectivity index (χ2n) is 9.31. The number of aryl methyl sites for hydroxylation is 2. The van der Waals surface area contributed by atoms with Crippen molar-refractivity contribution in [3.63, 3.8) is 0 Å². The zero-order chi connectivity index (χ0) is 30.4. The number of sulfonamides is 2. The lowest BCUT2D eigenvalue weighted by Crippen LogP contribution is -2.35. The van der Waals surface area contributed by atoms with E-state index in [-0.39, 0.29) is 11.6 Å². The number of benzene rings is 3. The molecule has 0 radical (unpaired) electrons. The molecule has 0 spiro atoms. The highest BCUT2D eigenvalue weighted by atomic mass is 32.3. The number of nitrogens with zero attached hydrogens (tertiary/aromatic N) is 3. The first-order valence-electron chi connectivity index (χ1n) is 12.9. The van der Waals surface area contributed by atoms with Crippen LogP contribution in [0.2, 0.25) is 0 Å². The number of anilines is 4. The Morgan fingerprint density at radius 2 is 1.39 bits per heavy atom. The van der Waals surface area contributed by atoms with Gasteiger partial charge in [0.2, 0.25) is 20.0 Å². The van der Waals surface area contributed by atoms with Crippen molar-refractivity contribution in [2.75, 3.05) is 32.3 Å². The van der Waals surface area contributed by atoms with Crippen molar-refractivity contribution < 1.29 is 21.6 Å². The van der Waals surface area contributed by atoms with Gasteiger partial charge in [-0.1, -0.05) is 50.2 Å². The van der Waals surface area contributed by atoms with Gasteiger partial charge in [-0.05, 0) is 67.3 Å². The summed E-state index contributed by atoms with van der Waals surface area (Å²) in [6, 6.07) is 21.2. The maximum Gasteiger partial charge on any atom is 0.282 e. The Morgan fingerprint density at radius 1 is 0.854 bits per heavy atom. The van der Waals surface area contributed by atoms with E-state index < -0.39 is 20.0 Å².